The molecule has 0 spiro atoms. The van der Waals surface area contributed by atoms with E-state index in [1.807, 2.05) is 54.1 Å². The molecular weight excluding hydrogens is 481 g/mol. The average Bonchev–Trinajstić information content (AvgIpc) is 3.13. The number of hydrogen-bond donors (Lipinski definition) is 1. The topological polar surface area (TPSA) is 56.1 Å². The van der Waals surface area contributed by atoms with Crippen LogP contribution in [0.5, 0.6) is 5.75 Å². The molecule has 5 nitrogen and oxygen atoms in total. The number of anilines is 1. The van der Waals surface area contributed by atoms with Gasteiger partial charge in [-0.05, 0) is 60.5 Å². The lowest BCUT2D eigenvalue weighted by Gasteiger charge is -2.09. The minimum absolute atomic E-state index is 0.237. The second kappa shape index (κ2) is 10.3. The SMILES string of the molecule is Cc1cc(NC(=O)c2ccc(COc3ccc(Cl)cc3Cl)cc2)nn1Cc1ccc(Cl)cc1. The second-order valence-corrected chi connectivity index (χ2v) is 8.75. The molecule has 0 bridgehead atoms. The predicted molar refractivity (Wildman–Crippen MR) is 133 cm³/mol. The molecule has 1 heterocycles. The van der Waals surface area contributed by atoms with E-state index >= 15 is 0 Å². The van der Waals surface area contributed by atoms with E-state index in [1.54, 1.807) is 30.3 Å². The van der Waals surface area contributed by atoms with Crippen LogP contribution in [0.3, 0.4) is 0 Å². The van der Waals surface area contributed by atoms with E-state index in [0.29, 0.717) is 45.4 Å². The molecule has 0 aliphatic heterocycles. The first kappa shape index (κ1) is 23.2. The van der Waals surface area contributed by atoms with Gasteiger partial charge in [-0.3, -0.25) is 9.48 Å². The molecule has 0 aliphatic carbocycles. The number of nitrogens with one attached hydrogen (secondary N) is 1. The van der Waals surface area contributed by atoms with Gasteiger partial charge in [-0.25, -0.2) is 0 Å². The Morgan fingerprint density at radius 1 is 0.909 bits per heavy atom. The van der Waals surface area contributed by atoms with Gasteiger partial charge in [0, 0.05) is 27.4 Å². The second-order valence-electron chi connectivity index (χ2n) is 7.47. The number of carbonyl (C=O) groups is 1. The highest BCUT2D eigenvalue weighted by atomic mass is 35.5. The number of carbonyl (C=O) groups excluding carboxylic acids is 1. The number of aryl methyl sites for hydroxylation is 1. The van der Waals surface area contributed by atoms with Gasteiger partial charge < -0.3 is 10.1 Å². The molecule has 8 heteroatoms. The predicted octanol–water partition coefficient (Wildman–Crippen LogP) is 7.03. The zero-order chi connectivity index (χ0) is 23.4. The Kier molecular flexibility index (Phi) is 7.23. The first-order valence-corrected chi connectivity index (χ1v) is 11.3. The summed E-state index contributed by atoms with van der Waals surface area (Å²) in [6.45, 7) is 2.85. The van der Waals surface area contributed by atoms with Crippen molar-refractivity contribution in [2.75, 3.05) is 5.32 Å². The number of hydrogen-bond acceptors (Lipinski definition) is 3. The maximum Gasteiger partial charge on any atom is 0.256 e. The Bertz CT molecular complexity index is 1270. The van der Waals surface area contributed by atoms with Crippen molar-refractivity contribution in [3.8, 4) is 5.75 Å². The van der Waals surface area contributed by atoms with Crippen molar-refractivity contribution in [2.45, 2.75) is 20.1 Å². The number of nitrogens with zero attached hydrogens (tertiary/aromatic N) is 2. The summed E-state index contributed by atoms with van der Waals surface area (Å²) in [5.41, 5.74) is 3.43. The summed E-state index contributed by atoms with van der Waals surface area (Å²) in [5.74, 6) is 0.808. The van der Waals surface area contributed by atoms with Crippen LogP contribution in [0.4, 0.5) is 5.82 Å². The lowest BCUT2D eigenvalue weighted by molar-refractivity contribution is 0.102. The van der Waals surface area contributed by atoms with E-state index < -0.39 is 0 Å². The Hall–Kier alpha value is -2.99. The Morgan fingerprint density at radius 2 is 1.58 bits per heavy atom. The van der Waals surface area contributed by atoms with Gasteiger partial charge in [0.2, 0.25) is 0 Å². The Morgan fingerprint density at radius 3 is 2.27 bits per heavy atom. The largest absolute Gasteiger partial charge is 0.487 e. The van der Waals surface area contributed by atoms with Gasteiger partial charge in [0.15, 0.2) is 5.82 Å². The van der Waals surface area contributed by atoms with Gasteiger partial charge in [0.1, 0.15) is 12.4 Å². The van der Waals surface area contributed by atoms with Crippen LogP contribution >= 0.6 is 34.8 Å². The third-order valence-electron chi connectivity index (χ3n) is 4.97. The molecule has 0 fully saturated rings. The third-order valence-corrected chi connectivity index (χ3v) is 5.76. The van der Waals surface area contributed by atoms with Crippen LogP contribution in [0.15, 0.2) is 72.8 Å². The molecule has 1 amide bonds. The van der Waals surface area contributed by atoms with Crippen LogP contribution in [0.25, 0.3) is 0 Å². The van der Waals surface area contributed by atoms with Crippen molar-refractivity contribution in [1.82, 2.24) is 9.78 Å². The fraction of sp³-hybridized carbons (Fsp3) is 0.120. The highest BCUT2D eigenvalue weighted by Crippen LogP contribution is 2.28. The van der Waals surface area contributed by atoms with E-state index in [-0.39, 0.29) is 5.91 Å². The molecule has 4 rings (SSSR count). The van der Waals surface area contributed by atoms with Crippen LogP contribution in [-0.2, 0) is 13.2 Å². The summed E-state index contributed by atoms with van der Waals surface area (Å²) in [5, 5.41) is 9.04. The normalized spacial score (nSPS) is 10.8. The smallest absolute Gasteiger partial charge is 0.256 e. The molecule has 1 aromatic heterocycles. The fourth-order valence-electron chi connectivity index (χ4n) is 3.19. The monoisotopic (exact) mass is 499 g/mol. The van der Waals surface area contributed by atoms with Gasteiger partial charge in [-0.2, -0.15) is 5.10 Å². The number of rotatable bonds is 7. The highest BCUT2D eigenvalue weighted by Gasteiger charge is 2.11. The van der Waals surface area contributed by atoms with Crippen molar-refractivity contribution in [3.63, 3.8) is 0 Å². The first-order chi connectivity index (χ1) is 15.9. The number of benzene rings is 3. The van der Waals surface area contributed by atoms with Crippen molar-refractivity contribution in [3.05, 3.63) is 110 Å². The van der Waals surface area contributed by atoms with E-state index in [9.17, 15) is 4.79 Å². The first-order valence-electron chi connectivity index (χ1n) is 10.1. The van der Waals surface area contributed by atoms with Crippen LogP contribution < -0.4 is 10.1 Å². The molecule has 0 saturated carbocycles. The molecule has 0 saturated heterocycles. The zero-order valence-electron chi connectivity index (χ0n) is 17.7. The molecule has 168 valence electrons. The molecule has 0 radical (unpaired) electrons. The lowest BCUT2D eigenvalue weighted by atomic mass is 10.1. The Labute approximate surface area is 206 Å². The van der Waals surface area contributed by atoms with Crippen LogP contribution in [0, 0.1) is 6.92 Å². The summed E-state index contributed by atoms with van der Waals surface area (Å²) >= 11 is 18.0. The summed E-state index contributed by atoms with van der Waals surface area (Å²) in [7, 11) is 0. The minimum Gasteiger partial charge on any atom is -0.487 e. The number of aromatic nitrogens is 2. The maximum absolute atomic E-state index is 12.7. The van der Waals surface area contributed by atoms with Crippen LogP contribution in [0.1, 0.15) is 27.2 Å². The van der Waals surface area contributed by atoms with Gasteiger partial charge >= 0.3 is 0 Å². The molecule has 0 aliphatic rings. The number of halogens is 3. The minimum atomic E-state index is -0.237. The quantitative estimate of drug-likeness (QED) is 0.296. The number of ether oxygens (including phenoxy) is 1. The average molecular weight is 501 g/mol. The van der Waals surface area contributed by atoms with E-state index in [0.717, 1.165) is 16.8 Å². The third kappa shape index (κ3) is 6.08. The van der Waals surface area contributed by atoms with Crippen molar-refractivity contribution >= 4 is 46.5 Å². The van der Waals surface area contributed by atoms with E-state index in [2.05, 4.69) is 10.4 Å². The van der Waals surface area contributed by atoms with Gasteiger partial charge in [-0.15, -0.1) is 0 Å². The summed E-state index contributed by atoms with van der Waals surface area (Å²) in [4.78, 5) is 12.7. The zero-order valence-corrected chi connectivity index (χ0v) is 20.0. The molecule has 4 aromatic rings. The summed E-state index contributed by atoms with van der Waals surface area (Å²) < 4.78 is 7.57. The maximum atomic E-state index is 12.7. The lowest BCUT2D eigenvalue weighted by Crippen LogP contribution is -2.13. The Balaban J connectivity index is 1.36. The molecule has 33 heavy (non-hydrogen) atoms. The van der Waals surface area contributed by atoms with Gasteiger partial charge in [0.05, 0.1) is 11.6 Å². The van der Waals surface area contributed by atoms with E-state index in [1.165, 1.54) is 0 Å². The van der Waals surface area contributed by atoms with Crippen LogP contribution in [-0.4, -0.2) is 15.7 Å². The van der Waals surface area contributed by atoms with Gasteiger partial charge in [0.25, 0.3) is 5.91 Å². The number of amides is 1. The van der Waals surface area contributed by atoms with Crippen molar-refractivity contribution < 1.29 is 9.53 Å². The summed E-state index contributed by atoms with van der Waals surface area (Å²) in [6.07, 6.45) is 0. The van der Waals surface area contributed by atoms with Crippen molar-refractivity contribution in [1.29, 1.82) is 0 Å². The van der Waals surface area contributed by atoms with Crippen LogP contribution in [0.2, 0.25) is 15.1 Å². The highest BCUT2D eigenvalue weighted by molar-refractivity contribution is 6.35. The molecule has 0 unspecified atom stereocenters. The summed E-state index contributed by atoms with van der Waals surface area (Å²) in [6, 6.07) is 21.7. The molecule has 3 aromatic carbocycles. The fourth-order valence-corrected chi connectivity index (χ4v) is 3.78. The molecular formula is C25H20Cl3N3O2. The standard InChI is InChI=1S/C25H20Cl3N3O2/c1-16-12-24(30-31(16)14-17-4-8-20(26)9-5-17)29-25(32)19-6-2-18(3-7-19)15-33-23-11-10-21(27)13-22(23)28/h2-13H,14-15H2,1H3,(H,29,30,32). The van der Waals surface area contributed by atoms with Crippen molar-refractivity contribution in [2.24, 2.45) is 0 Å². The van der Waals surface area contributed by atoms with E-state index in [4.69, 9.17) is 39.5 Å². The van der Waals surface area contributed by atoms with Gasteiger partial charge in [-0.1, -0.05) is 59.1 Å². The molecule has 1 N–H and O–H groups in total. The molecule has 0 atom stereocenters.